The normalized spacial score (nSPS) is 15.9. The van der Waals surface area contributed by atoms with E-state index in [0.29, 0.717) is 5.56 Å². The molecule has 3 aromatic heterocycles. The van der Waals surface area contributed by atoms with Gasteiger partial charge in [0.05, 0.1) is 41.4 Å². The monoisotopic (exact) mass is 800 g/mol. The lowest BCUT2D eigenvalue weighted by atomic mass is 9.99. The highest BCUT2D eigenvalue weighted by atomic mass is 32.1. The summed E-state index contributed by atoms with van der Waals surface area (Å²) in [5.41, 5.74) is 0.781. The Bertz CT molecular complexity index is 4660. The average molecular weight is 801 g/mol. The van der Waals surface area contributed by atoms with E-state index in [4.69, 9.17) is 30.0 Å². The van der Waals surface area contributed by atoms with E-state index < -0.39 is 118 Å². The SMILES string of the molecule is [2H]c1cc([2H])c2c(c1[2H])c1c([2H])c([2H])c([2H])c([2H])c1n2-c1ccccc1-c1nc(-c2cccc(-c3cccc4c3sc3ccccc34)c2)nc(-c2c([2H])c([2H])c3c([2H])c(-c4c([2H])c([2H])c([2H])c([2H])c4[2H])c([2H])c([2H])c3c2[2H])n1. The summed E-state index contributed by atoms with van der Waals surface area (Å²) >= 11 is 1.63. The molecule has 4 nitrogen and oxygen atoms in total. The zero-order valence-corrected chi connectivity index (χ0v) is 31.8. The molecule has 280 valence electrons. The predicted octanol–water partition coefficient (Wildman–Crippen LogP) is 14.8. The van der Waals surface area contributed by atoms with Crippen molar-refractivity contribution in [1.29, 1.82) is 0 Å². The third kappa shape index (κ3) is 5.70. The number of thiophene rings is 1. The van der Waals surface area contributed by atoms with E-state index in [0.717, 1.165) is 37.4 Å². The molecule has 12 aromatic rings. The van der Waals surface area contributed by atoms with Crippen molar-refractivity contribution in [2.75, 3.05) is 0 Å². The first-order valence-corrected chi connectivity index (χ1v) is 19.5. The van der Waals surface area contributed by atoms with E-state index in [-0.39, 0.29) is 68.7 Å². The van der Waals surface area contributed by atoms with Gasteiger partial charge in [0.1, 0.15) is 0 Å². The smallest absolute Gasteiger partial charge is 0.166 e. The maximum Gasteiger partial charge on any atom is 0.166 e. The van der Waals surface area contributed by atoms with Gasteiger partial charge in [0.25, 0.3) is 0 Å². The van der Waals surface area contributed by atoms with Gasteiger partial charge in [0, 0.05) is 47.6 Å². The molecule has 0 amide bonds. The van der Waals surface area contributed by atoms with E-state index in [1.54, 1.807) is 41.7 Å². The lowest BCUT2D eigenvalue weighted by molar-refractivity contribution is 1.06. The van der Waals surface area contributed by atoms with Crippen LogP contribution in [0.5, 0.6) is 0 Å². The van der Waals surface area contributed by atoms with Crippen LogP contribution in [-0.2, 0) is 0 Å². The molecule has 0 saturated carbocycles. The Morgan fingerprint density at radius 3 is 1.97 bits per heavy atom. The first-order chi connectivity index (χ1) is 37.2. The van der Waals surface area contributed by atoms with Crippen LogP contribution in [0.3, 0.4) is 0 Å². The molecule has 0 atom stereocenters. The largest absolute Gasteiger partial charge is 0.309 e. The average Bonchev–Trinajstić information content (AvgIpc) is 4.05. The Morgan fingerprint density at radius 1 is 0.417 bits per heavy atom. The van der Waals surface area contributed by atoms with Crippen molar-refractivity contribution in [3.05, 3.63) is 206 Å². The van der Waals surface area contributed by atoms with Crippen molar-refractivity contribution in [2.24, 2.45) is 0 Å². The molecule has 0 aliphatic rings. The molecule has 0 aliphatic heterocycles. The van der Waals surface area contributed by atoms with Gasteiger partial charge in [-0.05, 0) is 81.5 Å². The molecule has 9 aromatic carbocycles. The minimum Gasteiger partial charge on any atom is -0.309 e. The fraction of sp³-hybridized carbons (Fsp3) is 0. The number of rotatable bonds is 6. The van der Waals surface area contributed by atoms with Gasteiger partial charge in [0.15, 0.2) is 17.5 Å². The van der Waals surface area contributed by atoms with Crippen molar-refractivity contribution < 1.29 is 24.7 Å². The second-order valence-electron chi connectivity index (χ2n) is 13.8. The van der Waals surface area contributed by atoms with Crippen molar-refractivity contribution >= 4 is 64.1 Å². The van der Waals surface area contributed by atoms with Crippen LogP contribution >= 0.6 is 11.3 Å². The molecule has 0 aliphatic carbocycles. The van der Waals surface area contributed by atoms with E-state index in [9.17, 15) is 9.60 Å². The van der Waals surface area contributed by atoms with Crippen LogP contribution in [0.15, 0.2) is 206 Å². The molecule has 12 rings (SSSR count). The number of para-hydroxylation sites is 3. The van der Waals surface area contributed by atoms with Gasteiger partial charge >= 0.3 is 0 Å². The Labute approximate surface area is 375 Å². The summed E-state index contributed by atoms with van der Waals surface area (Å²) in [4.78, 5) is 14.8. The minimum atomic E-state index is -0.773. The van der Waals surface area contributed by atoms with Gasteiger partial charge in [-0.3, -0.25) is 0 Å². The molecule has 0 fully saturated rings. The molecular weight excluding hydrogens is 749 g/mol. The summed E-state index contributed by atoms with van der Waals surface area (Å²) in [5.74, 6) is -0.510. The summed E-state index contributed by atoms with van der Waals surface area (Å²) in [5, 5.41) is 1.08. The van der Waals surface area contributed by atoms with E-state index in [2.05, 4.69) is 18.2 Å². The molecule has 60 heavy (non-hydrogen) atoms. The van der Waals surface area contributed by atoms with Gasteiger partial charge in [0.2, 0.25) is 0 Å². The number of benzene rings is 9. The molecule has 0 unspecified atom stereocenters. The minimum absolute atomic E-state index is 0.0109. The first-order valence-electron chi connectivity index (χ1n) is 27.7. The maximum absolute atomic E-state index is 9.72. The lowest BCUT2D eigenvalue weighted by Crippen LogP contribution is -2.03. The molecule has 3 heterocycles. The van der Waals surface area contributed by atoms with E-state index in [1.807, 2.05) is 42.5 Å². The number of hydrogen-bond acceptors (Lipinski definition) is 4. The van der Waals surface area contributed by atoms with Crippen LogP contribution < -0.4 is 0 Å². The Hall–Kier alpha value is -7.73. The first kappa shape index (κ1) is 20.8. The van der Waals surface area contributed by atoms with E-state index >= 15 is 0 Å². The van der Waals surface area contributed by atoms with Crippen LogP contribution in [0.4, 0.5) is 0 Å². The third-order valence-electron chi connectivity index (χ3n) is 10.3. The van der Waals surface area contributed by atoms with Crippen molar-refractivity contribution in [2.45, 2.75) is 0 Å². The summed E-state index contributed by atoms with van der Waals surface area (Å²) in [7, 11) is 0. The number of hydrogen-bond donors (Lipinski definition) is 0. The third-order valence-corrected chi connectivity index (χ3v) is 11.5. The van der Waals surface area contributed by atoms with E-state index in [1.165, 1.54) is 4.57 Å². The Kier molecular flexibility index (Phi) is 4.85. The van der Waals surface area contributed by atoms with Crippen molar-refractivity contribution in [3.63, 3.8) is 0 Å². The zero-order chi connectivity index (χ0) is 55.2. The molecular formula is C55H34N4S. The van der Waals surface area contributed by atoms with Crippen LogP contribution in [-0.4, -0.2) is 19.5 Å². The summed E-state index contributed by atoms with van der Waals surface area (Å²) in [6, 6.07) is 17.9. The molecule has 0 radical (unpaired) electrons. The standard InChI is InChI=1S/C55H34N4S/c1-2-14-35(15-3-1)36-28-29-38-33-41(31-30-37(38)32-36)54-56-53(40-17-12-16-39(34-40)42-22-13-23-46-45-20-7-11-27-51(45)60-52(42)46)57-55(58-54)47-21-6-10-26-50(47)59-48-24-8-4-18-43(48)44-19-5-9-25-49(44)59/h1-34H/i1D,2D,3D,4D,5D,8D,14D,15D,18D,19D,24D,25D,28D,29D,30D,31D,32D,33D. The maximum atomic E-state index is 9.72. The highest BCUT2D eigenvalue weighted by molar-refractivity contribution is 7.26. The predicted molar refractivity (Wildman–Crippen MR) is 252 cm³/mol. The van der Waals surface area contributed by atoms with Gasteiger partial charge in [-0.1, -0.05) is 157 Å². The van der Waals surface area contributed by atoms with Gasteiger partial charge in [-0.25, -0.2) is 15.0 Å². The number of fused-ring (bicyclic) bond motifs is 7. The zero-order valence-electron chi connectivity index (χ0n) is 48.9. The lowest BCUT2D eigenvalue weighted by Gasteiger charge is -2.15. The highest BCUT2D eigenvalue weighted by Gasteiger charge is 2.20. The highest BCUT2D eigenvalue weighted by Crippen LogP contribution is 2.41. The Morgan fingerprint density at radius 2 is 1.07 bits per heavy atom. The second kappa shape index (κ2) is 14.0. The fourth-order valence-corrected chi connectivity index (χ4v) is 8.83. The molecule has 0 N–H and O–H groups in total. The molecule has 0 bridgehead atoms. The van der Waals surface area contributed by atoms with Crippen molar-refractivity contribution in [3.8, 4) is 62.1 Å². The molecule has 5 heteroatoms. The summed E-state index contributed by atoms with van der Waals surface area (Å²) in [6.07, 6.45) is 0. The molecule has 0 spiro atoms. The quantitative estimate of drug-likeness (QED) is 0.168. The van der Waals surface area contributed by atoms with Crippen molar-refractivity contribution in [1.82, 2.24) is 19.5 Å². The fourth-order valence-electron chi connectivity index (χ4n) is 7.59. The molecule has 0 saturated heterocycles. The topological polar surface area (TPSA) is 43.6 Å². The second-order valence-corrected chi connectivity index (χ2v) is 14.8. The number of aromatic nitrogens is 4. The van der Waals surface area contributed by atoms with Crippen LogP contribution in [0.1, 0.15) is 24.7 Å². The van der Waals surface area contributed by atoms with Gasteiger partial charge < -0.3 is 4.57 Å². The van der Waals surface area contributed by atoms with Crippen LogP contribution in [0.2, 0.25) is 0 Å². The summed E-state index contributed by atoms with van der Waals surface area (Å²) < 4.78 is 164. The van der Waals surface area contributed by atoms with Gasteiger partial charge in [-0.2, -0.15) is 0 Å². The summed E-state index contributed by atoms with van der Waals surface area (Å²) in [6.45, 7) is 0. The van der Waals surface area contributed by atoms with Crippen LogP contribution in [0.25, 0.3) is 115 Å². The Balaban J connectivity index is 1.16. The number of nitrogens with zero attached hydrogens (tertiary/aromatic N) is 4. The van der Waals surface area contributed by atoms with Gasteiger partial charge in [-0.15, -0.1) is 11.3 Å². The van der Waals surface area contributed by atoms with Crippen LogP contribution in [0, 0.1) is 0 Å².